The van der Waals surface area contributed by atoms with E-state index in [1.165, 1.54) is 6.26 Å². The first-order valence-electron chi connectivity index (χ1n) is 6.81. The standard InChI is InChI=1S/C12H23N3O3S/c1-19(17,18)14-10-3-7-15(8-4-10)11(16)9-12(13)5-2-6-12/h10,14H,2-9,13H2,1H3. The average molecular weight is 289 g/mol. The summed E-state index contributed by atoms with van der Waals surface area (Å²) in [6, 6.07) is -0.0467. The lowest BCUT2D eigenvalue weighted by Crippen LogP contribution is -2.52. The number of carbonyl (C=O) groups excluding carboxylic acids is 1. The van der Waals surface area contributed by atoms with E-state index in [0.29, 0.717) is 32.4 Å². The van der Waals surface area contributed by atoms with Crippen molar-refractivity contribution in [3.8, 4) is 0 Å². The van der Waals surface area contributed by atoms with Crippen molar-refractivity contribution in [2.75, 3.05) is 19.3 Å². The van der Waals surface area contributed by atoms with Gasteiger partial charge in [-0.1, -0.05) is 0 Å². The Morgan fingerprint density at radius 3 is 2.37 bits per heavy atom. The Morgan fingerprint density at radius 1 is 1.37 bits per heavy atom. The van der Waals surface area contributed by atoms with E-state index >= 15 is 0 Å². The molecule has 1 saturated carbocycles. The third-order valence-electron chi connectivity index (χ3n) is 4.08. The van der Waals surface area contributed by atoms with E-state index in [-0.39, 0.29) is 17.5 Å². The van der Waals surface area contributed by atoms with E-state index in [0.717, 1.165) is 19.3 Å². The van der Waals surface area contributed by atoms with Crippen molar-refractivity contribution in [3.05, 3.63) is 0 Å². The molecule has 7 heteroatoms. The summed E-state index contributed by atoms with van der Waals surface area (Å²) in [4.78, 5) is 13.9. The molecule has 1 aliphatic carbocycles. The van der Waals surface area contributed by atoms with E-state index in [9.17, 15) is 13.2 Å². The largest absolute Gasteiger partial charge is 0.343 e. The number of carbonyl (C=O) groups is 1. The molecule has 110 valence electrons. The van der Waals surface area contributed by atoms with Crippen LogP contribution in [-0.2, 0) is 14.8 Å². The molecule has 0 aromatic heterocycles. The van der Waals surface area contributed by atoms with Crippen molar-refractivity contribution in [2.24, 2.45) is 5.73 Å². The number of amides is 1. The van der Waals surface area contributed by atoms with Crippen LogP contribution in [0.5, 0.6) is 0 Å². The Hall–Kier alpha value is -0.660. The van der Waals surface area contributed by atoms with Crippen molar-refractivity contribution in [1.82, 2.24) is 9.62 Å². The van der Waals surface area contributed by atoms with Gasteiger partial charge in [-0.25, -0.2) is 13.1 Å². The predicted molar refractivity (Wildman–Crippen MR) is 73.0 cm³/mol. The van der Waals surface area contributed by atoms with Crippen LogP contribution in [0.25, 0.3) is 0 Å². The predicted octanol–water partition coefficient (Wildman–Crippen LogP) is -0.202. The SMILES string of the molecule is CS(=O)(=O)NC1CCN(C(=O)CC2(N)CCC2)CC1. The van der Waals surface area contributed by atoms with Gasteiger partial charge in [-0.15, -0.1) is 0 Å². The van der Waals surface area contributed by atoms with E-state index in [4.69, 9.17) is 5.73 Å². The summed E-state index contributed by atoms with van der Waals surface area (Å²) in [6.07, 6.45) is 5.93. The minimum absolute atomic E-state index is 0.0467. The van der Waals surface area contributed by atoms with Gasteiger partial charge in [0.2, 0.25) is 15.9 Å². The van der Waals surface area contributed by atoms with Crippen molar-refractivity contribution in [3.63, 3.8) is 0 Å². The first-order valence-corrected chi connectivity index (χ1v) is 8.71. The van der Waals surface area contributed by atoms with Gasteiger partial charge in [0.05, 0.1) is 6.26 Å². The highest BCUT2D eigenvalue weighted by Gasteiger charge is 2.36. The Balaban J connectivity index is 1.78. The fourth-order valence-corrected chi connectivity index (χ4v) is 3.61. The van der Waals surface area contributed by atoms with Gasteiger partial charge >= 0.3 is 0 Å². The molecule has 0 spiro atoms. The third-order valence-corrected chi connectivity index (χ3v) is 4.84. The van der Waals surface area contributed by atoms with Gasteiger partial charge in [0, 0.05) is 31.1 Å². The van der Waals surface area contributed by atoms with Gasteiger partial charge in [-0.05, 0) is 32.1 Å². The number of nitrogens with zero attached hydrogens (tertiary/aromatic N) is 1. The monoisotopic (exact) mass is 289 g/mol. The topological polar surface area (TPSA) is 92.5 Å². The number of piperidine rings is 1. The first-order chi connectivity index (χ1) is 8.77. The minimum Gasteiger partial charge on any atom is -0.343 e. The van der Waals surface area contributed by atoms with E-state index in [1.807, 2.05) is 4.90 Å². The summed E-state index contributed by atoms with van der Waals surface area (Å²) in [7, 11) is -3.16. The molecule has 1 heterocycles. The Labute approximate surface area is 114 Å². The quantitative estimate of drug-likeness (QED) is 0.749. The summed E-state index contributed by atoms with van der Waals surface area (Å²) >= 11 is 0. The molecule has 0 radical (unpaired) electrons. The van der Waals surface area contributed by atoms with E-state index < -0.39 is 10.0 Å². The number of sulfonamides is 1. The molecule has 2 rings (SSSR count). The maximum Gasteiger partial charge on any atom is 0.224 e. The fraction of sp³-hybridized carbons (Fsp3) is 0.917. The van der Waals surface area contributed by atoms with Crippen molar-refractivity contribution < 1.29 is 13.2 Å². The van der Waals surface area contributed by atoms with Gasteiger partial charge in [0.15, 0.2) is 0 Å². The Bertz CT molecular complexity index is 437. The molecule has 2 fully saturated rings. The van der Waals surface area contributed by atoms with Crippen LogP contribution in [0.3, 0.4) is 0 Å². The second-order valence-electron chi connectivity index (χ2n) is 5.94. The molecule has 0 atom stereocenters. The zero-order valence-corrected chi connectivity index (χ0v) is 12.2. The molecule has 19 heavy (non-hydrogen) atoms. The van der Waals surface area contributed by atoms with Crippen LogP contribution in [0.1, 0.15) is 38.5 Å². The maximum absolute atomic E-state index is 12.1. The highest BCUT2D eigenvalue weighted by atomic mass is 32.2. The van der Waals surface area contributed by atoms with Crippen LogP contribution in [0, 0.1) is 0 Å². The first kappa shape index (κ1) is 14.7. The Morgan fingerprint density at radius 2 is 1.95 bits per heavy atom. The van der Waals surface area contributed by atoms with Gasteiger partial charge in [-0.2, -0.15) is 0 Å². The highest BCUT2D eigenvalue weighted by molar-refractivity contribution is 7.88. The summed E-state index contributed by atoms with van der Waals surface area (Å²) in [6.45, 7) is 1.23. The summed E-state index contributed by atoms with van der Waals surface area (Å²) < 4.78 is 24.9. The molecule has 1 amide bonds. The number of nitrogens with one attached hydrogen (secondary N) is 1. The van der Waals surface area contributed by atoms with Crippen LogP contribution in [0.15, 0.2) is 0 Å². The molecular weight excluding hydrogens is 266 g/mol. The van der Waals surface area contributed by atoms with E-state index in [1.54, 1.807) is 0 Å². The molecule has 3 N–H and O–H groups in total. The number of rotatable bonds is 4. The average Bonchev–Trinajstić information content (AvgIpc) is 2.25. The van der Waals surface area contributed by atoms with Gasteiger partial charge in [0.25, 0.3) is 0 Å². The summed E-state index contributed by atoms with van der Waals surface area (Å²) in [5, 5.41) is 0. The van der Waals surface area contributed by atoms with Crippen LogP contribution >= 0.6 is 0 Å². The zero-order valence-electron chi connectivity index (χ0n) is 11.4. The molecular formula is C12H23N3O3S. The number of likely N-dealkylation sites (tertiary alicyclic amines) is 1. The van der Waals surface area contributed by atoms with Crippen LogP contribution in [0.4, 0.5) is 0 Å². The normalized spacial score (nSPS) is 24.0. The third kappa shape index (κ3) is 4.15. The van der Waals surface area contributed by atoms with Crippen LogP contribution in [-0.4, -0.2) is 50.2 Å². The van der Waals surface area contributed by atoms with Gasteiger partial charge in [0.1, 0.15) is 0 Å². The van der Waals surface area contributed by atoms with Crippen LogP contribution in [0.2, 0.25) is 0 Å². The molecule has 0 aromatic carbocycles. The van der Waals surface area contributed by atoms with Gasteiger partial charge in [-0.3, -0.25) is 4.79 Å². The second-order valence-corrected chi connectivity index (χ2v) is 7.72. The lowest BCUT2D eigenvalue weighted by molar-refractivity contribution is -0.134. The Kier molecular flexibility index (Phi) is 4.17. The second kappa shape index (κ2) is 5.38. The molecule has 1 saturated heterocycles. The fourth-order valence-electron chi connectivity index (χ4n) is 2.77. The summed E-state index contributed by atoms with van der Waals surface area (Å²) in [5.74, 6) is 0.111. The maximum atomic E-state index is 12.1. The smallest absolute Gasteiger partial charge is 0.224 e. The van der Waals surface area contributed by atoms with Crippen molar-refractivity contribution in [2.45, 2.75) is 50.1 Å². The number of hydrogen-bond acceptors (Lipinski definition) is 4. The lowest BCUT2D eigenvalue weighted by atomic mass is 9.75. The molecule has 6 nitrogen and oxygen atoms in total. The zero-order chi connectivity index (χ0) is 14.1. The van der Waals surface area contributed by atoms with Crippen molar-refractivity contribution >= 4 is 15.9 Å². The van der Waals surface area contributed by atoms with Crippen molar-refractivity contribution in [1.29, 1.82) is 0 Å². The highest BCUT2D eigenvalue weighted by Crippen LogP contribution is 2.32. The number of nitrogens with two attached hydrogens (primary N) is 1. The molecule has 0 bridgehead atoms. The molecule has 0 aromatic rings. The molecule has 0 unspecified atom stereocenters. The number of hydrogen-bond donors (Lipinski definition) is 2. The molecule has 2 aliphatic rings. The van der Waals surface area contributed by atoms with E-state index in [2.05, 4.69) is 4.72 Å². The van der Waals surface area contributed by atoms with Gasteiger partial charge < -0.3 is 10.6 Å². The molecule has 1 aliphatic heterocycles. The summed E-state index contributed by atoms with van der Waals surface area (Å²) in [5.41, 5.74) is 5.80. The van der Waals surface area contributed by atoms with Crippen LogP contribution < -0.4 is 10.5 Å². The lowest BCUT2D eigenvalue weighted by Gasteiger charge is -2.40. The minimum atomic E-state index is -3.16.